The van der Waals surface area contributed by atoms with Crippen molar-refractivity contribution in [1.29, 1.82) is 5.26 Å². The van der Waals surface area contributed by atoms with Gasteiger partial charge in [0.15, 0.2) is 5.75 Å². The molecular weight excluding hydrogens is 264 g/mol. The van der Waals surface area contributed by atoms with Gasteiger partial charge in [0.25, 0.3) is 5.56 Å². The zero-order valence-corrected chi connectivity index (χ0v) is 10.8. The van der Waals surface area contributed by atoms with Crippen molar-refractivity contribution in [3.8, 4) is 11.8 Å². The largest absolute Gasteiger partial charge is 0.483 e. The van der Waals surface area contributed by atoms with Gasteiger partial charge in [-0.05, 0) is 18.2 Å². The zero-order chi connectivity index (χ0) is 13.7. The highest BCUT2D eigenvalue weighted by molar-refractivity contribution is 6.31. The van der Waals surface area contributed by atoms with Crippen molar-refractivity contribution in [1.82, 2.24) is 4.57 Å². The van der Waals surface area contributed by atoms with Crippen LogP contribution < -0.4 is 10.3 Å². The minimum atomic E-state index is -0.323. The monoisotopic (exact) mass is 274 g/mol. The zero-order valence-electron chi connectivity index (χ0n) is 10.0. The Morgan fingerprint density at radius 3 is 2.79 bits per heavy atom. The lowest BCUT2D eigenvalue weighted by Gasteiger charge is -2.08. The summed E-state index contributed by atoms with van der Waals surface area (Å²) < 4.78 is 6.76. The number of benzene rings is 1. The minimum Gasteiger partial charge on any atom is -0.483 e. The third kappa shape index (κ3) is 3.15. The summed E-state index contributed by atoms with van der Waals surface area (Å²) in [6.07, 6.45) is 1.55. The molecule has 1 heterocycles. The first kappa shape index (κ1) is 13.2. The normalized spacial score (nSPS) is 9.89. The third-order valence-corrected chi connectivity index (χ3v) is 2.94. The van der Waals surface area contributed by atoms with E-state index >= 15 is 0 Å². The van der Waals surface area contributed by atoms with E-state index in [1.54, 1.807) is 24.4 Å². The Labute approximate surface area is 115 Å². The molecule has 5 heteroatoms. The van der Waals surface area contributed by atoms with Gasteiger partial charge in [-0.1, -0.05) is 29.8 Å². The average molecular weight is 275 g/mol. The molecule has 2 rings (SSSR count). The molecule has 2 aromatic rings. The fourth-order valence-electron chi connectivity index (χ4n) is 1.60. The van der Waals surface area contributed by atoms with Crippen molar-refractivity contribution in [2.75, 3.05) is 0 Å². The Balaban J connectivity index is 2.17. The van der Waals surface area contributed by atoms with Crippen LogP contribution in [0.5, 0.6) is 5.75 Å². The number of nitriles is 1. The van der Waals surface area contributed by atoms with Gasteiger partial charge in [-0.25, -0.2) is 0 Å². The number of pyridine rings is 1. The van der Waals surface area contributed by atoms with E-state index in [1.165, 1.54) is 4.57 Å². The second kappa shape index (κ2) is 6.07. The van der Waals surface area contributed by atoms with E-state index in [0.717, 1.165) is 5.56 Å². The molecule has 0 N–H and O–H groups in total. The Hall–Kier alpha value is -2.25. The molecule has 0 aliphatic carbocycles. The second-order valence-corrected chi connectivity index (χ2v) is 4.25. The van der Waals surface area contributed by atoms with Crippen LogP contribution in [0.4, 0.5) is 0 Å². The maximum Gasteiger partial charge on any atom is 0.293 e. The summed E-state index contributed by atoms with van der Waals surface area (Å²) in [5.41, 5.74) is 0.482. The van der Waals surface area contributed by atoms with Crippen LogP contribution in [0.25, 0.3) is 0 Å². The lowest BCUT2D eigenvalue weighted by molar-refractivity contribution is 0.299. The van der Waals surface area contributed by atoms with Gasteiger partial charge in [-0.3, -0.25) is 9.36 Å². The van der Waals surface area contributed by atoms with Crippen molar-refractivity contribution in [3.05, 3.63) is 63.5 Å². The molecule has 1 aromatic heterocycles. The molecule has 96 valence electrons. The summed E-state index contributed by atoms with van der Waals surface area (Å²) in [5.74, 6) is 0.206. The van der Waals surface area contributed by atoms with Gasteiger partial charge in [0.2, 0.25) is 0 Å². The SMILES string of the molecule is N#CCn1cccc(OCc2ccccc2Cl)c1=O. The highest BCUT2D eigenvalue weighted by Crippen LogP contribution is 2.16. The van der Waals surface area contributed by atoms with Crippen molar-refractivity contribution in [2.24, 2.45) is 0 Å². The van der Waals surface area contributed by atoms with Crippen LogP contribution in [-0.2, 0) is 13.2 Å². The molecule has 19 heavy (non-hydrogen) atoms. The van der Waals surface area contributed by atoms with Gasteiger partial charge < -0.3 is 4.74 Å². The molecule has 0 spiro atoms. The van der Waals surface area contributed by atoms with Gasteiger partial charge in [0.1, 0.15) is 13.2 Å². The molecule has 0 amide bonds. The fraction of sp³-hybridized carbons (Fsp3) is 0.143. The first-order valence-corrected chi connectivity index (χ1v) is 6.03. The van der Waals surface area contributed by atoms with E-state index in [1.807, 2.05) is 24.3 Å². The predicted molar refractivity (Wildman–Crippen MR) is 72.1 cm³/mol. The van der Waals surface area contributed by atoms with Crippen molar-refractivity contribution < 1.29 is 4.74 Å². The van der Waals surface area contributed by atoms with E-state index in [9.17, 15) is 4.79 Å². The molecule has 4 nitrogen and oxygen atoms in total. The van der Waals surface area contributed by atoms with E-state index < -0.39 is 0 Å². The third-order valence-electron chi connectivity index (χ3n) is 2.57. The Kier molecular flexibility index (Phi) is 4.22. The van der Waals surface area contributed by atoms with Crippen LogP contribution in [0.2, 0.25) is 5.02 Å². The van der Waals surface area contributed by atoms with Gasteiger partial charge in [-0.15, -0.1) is 0 Å². The van der Waals surface area contributed by atoms with Crippen LogP contribution in [0, 0.1) is 11.3 Å². The number of ether oxygens (including phenoxy) is 1. The lowest BCUT2D eigenvalue weighted by atomic mass is 10.2. The first-order chi connectivity index (χ1) is 9.22. The van der Waals surface area contributed by atoms with Crippen molar-refractivity contribution in [2.45, 2.75) is 13.2 Å². The van der Waals surface area contributed by atoms with Crippen molar-refractivity contribution >= 4 is 11.6 Å². The van der Waals surface area contributed by atoms with E-state index in [2.05, 4.69) is 0 Å². The molecule has 0 atom stereocenters. The van der Waals surface area contributed by atoms with E-state index in [4.69, 9.17) is 21.6 Å². The maximum absolute atomic E-state index is 11.9. The number of hydrogen-bond donors (Lipinski definition) is 0. The molecule has 0 fully saturated rings. The highest BCUT2D eigenvalue weighted by atomic mass is 35.5. The molecule has 0 aliphatic heterocycles. The summed E-state index contributed by atoms with van der Waals surface area (Å²) in [6, 6.07) is 12.4. The Morgan fingerprint density at radius 1 is 1.26 bits per heavy atom. The smallest absolute Gasteiger partial charge is 0.293 e. The van der Waals surface area contributed by atoms with Gasteiger partial charge in [0.05, 0.1) is 6.07 Å². The van der Waals surface area contributed by atoms with E-state index in [0.29, 0.717) is 5.02 Å². The average Bonchev–Trinajstić information content (AvgIpc) is 2.42. The first-order valence-electron chi connectivity index (χ1n) is 5.65. The van der Waals surface area contributed by atoms with Gasteiger partial charge in [0, 0.05) is 16.8 Å². The fourth-order valence-corrected chi connectivity index (χ4v) is 1.79. The maximum atomic E-state index is 11.9. The van der Waals surface area contributed by atoms with Gasteiger partial charge >= 0.3 is 0 Å². The number of hydrogen-bond acceptors (Lipinski definition) is 3. The molecule has 0 aliphatic rings. The lowest BCUT2D eigenvalue weighted by Crippen LogP contribution is -2.20. The van der Waals surface area contributed by atoms with E-state index in [-0.39, 0.29) is 24.5 Å². The van der Waals surface area contributed by atoms with Gasteiger partial charge in [-0.2, -0.15) is 5.26 Å². The summed E-state index contributed by atoms with van der Waals surface area (Å²) in [6.45, 7) is 0.216. The summed E-state index contributed by atoms with van der Waals surface area (Å²) in [7, 11) is 0. The second-order valence-electron chi connectivity index (χ2n) is 3.84. The number of aromatic nitrogens is 1. The number of rotatable bonds is 4. The number of halogens is 1. The van der Waals surface area contributed by atoms with Crippen LogP contribution in [-0.4, -0.2) is 4.57 Å². The van der Waals surface area contributed by atoms with Crippen LogP contribution in [0.3, 0.4) is 0 Å². The summed E-state index contributed by atoms with van der Waals surface area (Å²) in [4.78, 5) is 11.9. The molecular formula is C14H11ClN2O2. The summed E-state index contributed by atoms with van der Waals surface area (Å²) >= 11 is 6.00. The Morgan fingerprint density at radius 2 is 2.05 bits per heavy atom. The molecule has 0 unspecified atom stereocenters. The predicted octanol–water partition coefficient (Wildman–Crippen LogP) is 2.60. The summed E-state index contributed by atoms with van der Waals surface area (Å²) in [5, 5.41) is 9.20. The standard InChI is InChI=1S/C14H11ClN2O2/c15-12-5-2-1-4-11(12)10-19-13-6-3-8-17(9-7-16)14(13)18/h1-6,8H,9-10H2. The number of nitrogens with zero attached hydrogens (tertiary/aromatic N) is 2. The molecule has 0 saturated carbocycles. The molecule has 0 bridgehead atoms. The molecule has 0 saturated heterocycles. The Bertz CT molecular complexity index is 674. The van der Waals surface area contributed by atoms with Crippen molar-refractivity contribution in [3.63, 3.8) is 0 Å². The van der Waals surface area contributed by atoms with Crippen LogP contribution in [0.1, 0.15) is 5.56 Å². The van der Waals surface area contributed by atoms with Crippen LogP contribution >= 0.6 is 11.6 Å². The molecule has 0 radical (unpaired) electrons. The van der Waals surface area contributed by atoms with Crippen LogP contribution in [0.15, 0.2) is 47.4 Å². The quantitative estimate of drug-likeness (QED) is 0.861. The minimum absolute atomic E-state index is 0.00211. The topological polar surface area (TPSA) is 55.0 Å². The highest BCUT2D eigenvalue weighted by Gasteiger charge is 2.05. The molecule has 1 aromatic carbocycles.